The van der Waals surface area contributed by atoms with Crippen molar-refractivity contribution in [2.75, 3.05) is 5.73 Å². The lowest BCUT2D eigenvalue weighted by Crippen LogP contribution is -1.98. The number of nitrogens with zero attached hydrogens (tertiary/aromatic N) is 2. The average Bonchev–Trinajstić information content (AvgIpc) is 2.71. The lowest BCUT2D eigenvalue weighted by Gasteiger charge is -2.06. The zero-order chi connectivity index (χ0) is 12.7. The largest absolute Gasteiger partial charge is 0.399 e. The molecular formula is C15H15N3. The van der Waals surface area contributed by atoms with Crippen LogP contribution in [0.15, 0.2) is 42.5 Å². The second-order valence-corrected chi connectivity index (χ2v) is 4.56. The molecule has 0 saturated heterocycles. The Morgan fingerprint density at radius 2 is 1.83 bits per heavy atom. The van der Waals surface area contributed by atoms with Gasteiger partial charge in [-0.25, -0.2) is 4.68 Å². The number of hydrogen-bond donors (Lipinski definition) is 1. The average molecular weight is 237 g/mol. The van der Waals surface area contributed by atoms with Crippen molar-refractivity contribution < 1.29 is 0 Å². The van der Waals surface area contributed by atoms with E-state index < -0.39 is 0 Å². The molecule has 0 aliphatic rings. The van der Waals surface area contributed by atoms with E-state index in [9.17, 15) is 0 Å². The van der Waals surface area contributed by atoms with Crippen molar-refractivity contribution >= 4 is 16.6 Å². The molecule has 3 rings (SSSR count). The fourth-order valence-corrected chi connectivity index (χ4v) is 2.21. The monoisotopic (exact) mass is 237 g/mol. The third-order valence-electron chi connectivity index (χ3n) is 3.27. The first-order valence-corrected chi connectivity index (χ1v) is 5.97. The van der Waals surface area contributed by atoms with Gasteiger partial charge in [0.15, 0.2) is 0 Å². The van der Waals surface area contributed by atoms with E-state index in [1.54, 1.807) is 0 Å². The number of benzene rings is 2. The second-order valence-electron chi connectivity index (χ2n) is 4.56. The molecule has 0 radical (unpaired) electrons. The minimum absolute atomic E-state index is 0.812. The molecule has 2 aromatic carbocycles. The smallest absolute Gasteiger partial charge is 0.0743 e. The summed E-state index contributed by atoms with van der Waals surface area (Å²) in [5.41, 5.74) is 11.0. The molecule has 18 heavy (non-hydrogen) atoms. The lowest BCUT2D eigenvalue weighted by atomic mass is 10.2. The Kier molecular flexibility index (Phi) is 2.33. The van der Waals surface area contributed by atoms with Gasteiger partial charge in [-0.1, -0.05) is 18.2 Å². The summed E-state index contributed by atoms with van der Waals surface area (Å²) in [5, 5.41) is 5.79. The van der Waals surface area contributed by atoms with Crippen LogP contribution in [-0.2, 0) is 0 Å². The highest BCUT2D eigenvalue weighted by molar-refractivity contribution is 5.83. The summed E-state index contributed by atoms with van der Waals surface area (Å²) in [6, 6.07) is 14.2. The maximum absolute atomic E-state index is 5.85. The molecule has 3 aromatic rings. The Balaban J connectivity index is 2.28. The summed E-state index contributed by atoms with van der Waals surface area (Å²) >= 11 is 0. The fourth-order valence-electron chi connectivity index (χ4n) is 2.21. The van der Waals surface area contributed by atoms with Crippen molar-refractivity contribution in [3.05, 3.63) is 53.7 Å². The van der Waals surface area contributed by atoms with Gasteiger partial charge in [-0.05, 0) is 43.7 Å². The van der Waals surface area contributed by atoms with Gasteiger partial charge >= 0.3 is 0 Å². The molecule has 0 atom stereocenters. The topological polar surface area (TPSA) is 43.8 Å². The number of rotatable bonds is 1. The van der Waals surface area contributed by atoms with Crippen molar-refractivity contribution in [1.82, 2.24) is 9.78 Å². The number of para-hydroxylation sites is 1. The maximum Gasteiger partial charge on any atom is 0.0743 e. The molecule has 90 valence electrons. The van der Waals surface area contributed by atoms with Crippen LogP contribution in [0.2, 0.25) is 0 Å². The van der Waals surface area contributed by atoms with Crippen LogP contribution in [0.4, 0.5) is 5.69 Å². The van der Waals surface area contributed by atoms with Crippen LogP contribution in [-0.4, -0.2) is 9.78 Å². The van der Waals surface area contributed by atoms with Crippen LogP contribution in [0.5, 0.6) is 0 Å². The molecule has 1 aromatic heterocycles. The number of nitrogens with two attached hydrogens (primary N) is 1. The van der Waals surface area contributed by atoms with E-state index in [-0.39, 0.29) is 0 Å². The van der Waals surface area contributed by atoms with Crippen molar-refractivity contribution in [3.63, 3.8) is 0 Å². The minimum atomic E-state index is 0.812. The molecule has 3 nitrogen and oxygen atoms in total. The van der Waals surface area contributed by atoms with E-state index in [0.717, 1.165) is 28.1 Å². The first-order chi connectivity index (χ1) is 8.66. The summed E-state index contributed by atoms with van der Waals surface area (Å²) in [6.07, 6.45) is 0. The maximum atomic E-state index is 5.85. The molecular weight excluding hydrogens is 222 g/mol. The van der Waals surface area contributed by atoms with Gasteiger partial charge in [0, 0.05) is 11.1 Å². The summed E-state index contributed by atoms with van der Waals surface area (Å²) in [5.74, 6) is 0. The van der Waals surface area contributed by atoms with Gasteiger partial charge in [0.05, 0.1) is 16.9 Å². The number of aryl methyl sites for hydroxylation is 2. The van der Waals surface area contributed by atoms with E-state index in [4.69, 9.17) is 5.73 Å². The van der Waals surface area contributed by atoms with Crippen LogP contribution in [0, 0.1) is 13.8 Å². The molecule has 0 unspecified atom stereocenters. The van der Waals surface area contributed by atoms with Gasteiger partial charge in [-0.2, -0.15) is 5.10 Å². The number of anilines is 1. The lowest BCUT2D eigenvalue weighted by molar-refractivity contribution is 0.888. The molecule has 3 heteroatoms. The number of fused-ring (bicyclic) bond motifs is 1. The van der Waals surface area contributed by atoms with E-state index in [2.05, 4.69) is 23.3 Å². The van der Waals surface area contributed by atoms with Gasteiger partial charge in [-0.3, -0.25) is 0 Å². The predicted octanol–water partition coefficient (Wildman–Crippen LogP) is 3.22. The highest BCUT2D eigenvalue weighted by Gasteiger charge is 2.08. The fraction of sp³-hybridized carbons (Fsp3) is 0.133. The highest BCUT2D eigenvalue weighted by Crippen LogP contribution is 2.23. The van der Waals surface area contributed by atoms with Crippen molar-refractivity contribution in [3.8, 4) is 5.69 Å². The second kappa shape index (κ2) is 3.88. The van der Waals surface area contributed by atoms with E-state index in [1.807, 2.05) is 42.8 Å². The normalized spacial score (nSPS) is 11.0. The van der Waals surface area contributed by atoms with Crippen molar-refractivity contribution in [1.29, 1.82) is 0 Å². The molecule has 2 N–H and O–H groups in total. The molecule has 0 fully saturated rings. The van der Waals surface area contributed by atoms with Gasteiger partial charge in [-0.15, -0.1) is 0 Å². The molecule has 0 bridgehead atoms. The van der Waals surface area contributed by atoms with Gasteiger partial charge in [0.2, 0.25) is 0 Å². The Bertz CT molecular complexity index is 726. The van der Waals surface area contributed by atoms with Crippen molar-refractivity contribution in [2.24, 2.45) is 0 Å². The van der Waals surface area contributed by atoms with E-state index >= 15 is 0 Å². The Morgan fingerprint density at radius 3 is 2.61 bits per heavy atom. The zero-order valence-corrected chi connectivity index (χ0v) is 10.5. The minimum Gasteiger partial charge on any atom is -0.399 e. The van der Waals surface area contributed by atoms with Gasteiger partial charge in [0.25, 0.3) is 0 Å². The Labute approximate surface area is 106 Å². The van der Waals surface area contributed by atoms with Crippen LogP contribution in [0.1, 0.15) is 11.3 Å². The standard InChI is InChI=1S/C15H15N3/c1-10-9-12(7-8-14(10)16)18-15-6-4-3-5-13(15)11(2)17-18/h3-9H,16H2,1-2H3. The summed E-state index contributed by atoms with van der Waals surface area (Å²) < 4.78 is 1.97. The van der Waals surface area contributed by atoms with Crippen LogP contribution in [0.25, 0.3) is 16.6 Å². The number of aromatic nitrogens is 2. The number of hydrogen-bond acceptors (Lipinski definition) is 2. The van der Waals surface area contributed by atoms with Crippen LogP contribution in [0.3, 0.4) is 0 Å². The summed E-state index contributed by atoms with van der Waals surface area (Å²) in [7, 11) is 0. The van der Waals surface area contributed by atoms with Crippen molar-refractivity contribution in [2.45, 2.75) is 13.8 Å². The van der Waals surface area contributed by atoms with Crippen LogP contribution >= 0.6 is 0 Å². The molecule has 0 amide bonds. The molecule has 0 aliphatic carbocycles. The highest BCUT2D eigenvalue weighted by atomic mass is 15.3. The molecule has 0 aliphatic heterocycles. The Hall–Kier alpha value is -2.29. The first-order valence-electron chi connectivity index (χ1n) is 5.97. The van der Waals surface area contributed by atoms with E-state index in [0.29, 0.717) is 0 Å². The predicted molar refractivity (Wildman–Crippen MR) is 75.0 cm³/mol. The third kappa shape index (κ3) is 1.56. The molecule has 0 saturated carbocycles. The summed E-state index contributed by atoms with van der Waals surface area (Å²) in [6.45, 7) is 4.04. The summed E-state index contributed by atoms with van der Waals surface area (Å²) in [4.78, 5) is 0. The van der Waals surface area contributed by atoms with Crippen LogP contribution < -0.4 is 5.73 Å². The van der Waals surface area contributed by atoms with Gasteiger partial charge in [0.1, 0.15) is 0 Å². The SMILES string of the molecule is Cc1cc(-n2nc(C)c3ccccc32)ccc1N. The molecule has 0 spiro atoms. The molecule has 1 heterocycles. The Morgan fingerprint density at radius 1 is 1.06 bits per heavy atom. The quantitative estimate of drug-likeness (QED) is 0.660. The van der Waals surface area contributed by atoms with Gasteiger partial charge < -0.3 is 5.73 Å². The zero-order valence-electron chi connectivity index (χ0n) is 10.5. The van der Waals surface area contributed by atoms with E-state index in [1.165, 1.54) is 5.39 Å². The third-order valence-corrected chi connectivity index (χ3v) is 3.27. The first kappa shape index (κ1) is 10.8. The number of nitrogen functional groups attached to an aromatic ring is 1.